The third-order valence-corrected chi connectivity index (χ3v) is 4.19. The molecule has 0 spiro atoms. The summed E-state index contributed by atoms with van der Waals surface area (Å²) in [6.45, 7) is 0. The van der Waals surface area contributed by atoms with E-state index in [-0.39, 0.29) is 5.78 Å². The summed E-state index contributed by atoms with van der Waals surface area (Å²) >= 11 is 1.28. The van der Waals surface area contributed by atoms with Crippen LogP contribution in [0.1, 0.15) is 21.5 Å². The number of hydrogen-bond donors (Lipinski definition) is 0. The highest BCUT2D eigenvalue weighted by Crippen LogP contribution is 2.40. The molecular weight excluding hydrogens is 297 g/mol. The van der Waals surface area contributed by atoms with Gasteiger partial charge >= 0.3 is 6.18 Å². The molecule has 106 valence electrons. The predicted molar refractivity (Wildman–Crippen MR) is 76.1 cm³/mol. The smallest absolute Gasteiger partial charge is 0.288 e. The van der Waals surface area contributed by atoms with E-state index in [4.69, 9.17) is 0 Å². The molecule has 0 radical (unpaired) electrons. The van der Waals surface area contributed by atoms with E-state index in [1.807, 2.05) is 12.1 Å². The fourth-order valence-corrected chi connectivity index (χ4v) is 3.14. The monoisotopic (exact) mass is 306 g/mol. The van der Waals surface area contributed by atoms with Crippen molar-refractivity contribution in [2.75, 3.05) is 0 Å². The topological polar surface area (TPSA) is 17.1 Å². The van der Waals surface area contributed by atoms with Gasteiger partial charge < -0.3 is 0 Å². The zero-order chi connectivity index (χ0) is 15.0. The number of hydrogen-bond acceptors (Lipinski definition) is 2. The molecule has 0 saturated carbocycles. The van der Waals surface area contributed by atoms with Crippen molar-refractivity contribution in [3.63, 3.8) is 0 Å². The van der Waals surface area contributed by atoms with Crippen molar-refractivity contribution >= 4 is 23.6 Å². The molecule has 2 aromatic rings. The molecule has 0 bridgehead atoms. The average Bonchev–Trinajstić information content (AvgIpc) is 2.75. The molecule has 1 aliphatic rings. The van der Waals surface area contributed by atoms with E-state index in [1.165, 1.54) is 23.9 Å². The first kappa shape index (κ1) is 13.9. The van der Waals surface area contributed by atoms with E-state index in [2.05, 4.69) is 0 Å². The number of fused-ring (bicyclic) bond motifs is 1. The zero-order valence-electron chi connectivity index (χ0n) is 10.6. The highest BCUT2D eigenvalue weighted by molar-refractivity contribution is 8.04. The fourth-order valence-electron chi connectivity index (χ4n) is 2.09. The van der Waals surface area contributed by atoms with Crippen LogP contribution in [0.3, 0.4) is 0 Å². The average molecular weight is 306 g/mol. The van der Waals surface area contributed by atoms with Gasteiger partial charge in [-0.1, -0.05) is 36.0 Å². The van der Waals surface area contributed by atoms with Crippen LogP contribution < -0.4 is 0 Å². The minimum Gasteiger partial charge on any atom is -0.288 e. The van der Waals surface area contributed by atoms with Gasteiger partial charge in [-0.05, 0) is 35.9 Å². The molecule has 0 unspecified atom stereocenters. The number of alkyl halides is 3. The molecule has 0 fully saturated rings. The molecule has 0 N–H and O–H groups in total. The number of halogens is 3. The van der Waals surface area contributed by atoms with Crippen molar-refractivity contribution in [3.05, 3.63) is 70.1 Å². The maximum absolute atomic E-state index is 12.7. The zero-order valence-corrected chi connectivity index (χ0v) is 11.5. The van der Waals surface area contributed by atoms with Gasteiger partial charge in [0, 0.05) is 10.5 Å². The largest absolute Gasteiger partial charge is 0.416 e. The first-order valence-corrected chi connectivity index (χ1v) is 6.97. The second kappa shape index (κ2) is 5.07. The summed E-state index contributed by atoms with van der Waals surface area (Å²) in [7, 11) is 0. The third-order valence-electron chi connectivity index (χ3n) is 3.09. The molecule has 1 aliphatic heterocycles. The van der Waals surface area contributed by atoms with Crippen molar-refractivity contribution < 1.29 is 18.0 Å². The highest BCUT2D eigenvalue weighted by atomic mass is 32.2. The molecule has 0 amide bonds. The van der Waals surface area contributed by atoms with Crippen LogP contribution in [0.5, 0.6) is 0 Å². The van der Waals surface area contributed by atoms with Crippen molar-refractivity contribution in [2.45, 2.75) is 11.1 Å². The van der Waals surface area contributed by atoms with E-state index in [0.717, 1.165) is 17.0 Å². The van der Waals surface area contributed by atoms with Crippen molar-refractivity contribution in [3.8, 4) is 0 Å². The molecule has 21 heavy (non-hydrogen) atoms. The van der Waals surface area contributed by atoms with Crippen molar-refractivity contribution in [1.29, 1.82) is 0 Å². The van der Waals surface area contributed by atoms with Gasteiger partial charge in [0.25, 0.3) is 0 Å². The fraction of sp³-hybridized carbons (Fsp3) is 0.0625. The van der Waals surface area contributed by atoms with Crippen LogP contribution in [0.15, 0.2) is 58.3 Å². The van der Waals surface area contributed by atoms with Crippen molar-refractivity contribution in [1.82, 2.24) is 0 Å². The second-order valence-corrected chi connectivity index (χ2v) is 5.64. The molecular formula is C16H9F3OS. The van der Waals surface area contributed by atoms with E-state index >= 15 is 0 Å². The number of benzene rings is 2. The maximum Gasteiger partial charge on any atom is 0.416 e. The first-order chi connectivity index (χ1) is 9.95. The highest BCUT2D eigenvalue weighted by Gasteiger charge is 2.30. The quantitative estimate of drug-likeness (QED) is 0.687. The standard InChI is InChI=1S/C16H9F3OS/c17-16(18,19)11-5-3-4-10(8-11)9-14-15(20)12-6-1-2-7-13(12)21-14/h1-9H/b14-9+. The minimum atomic E-state index is -4.38. The Balaban J connectivity index is 1.96. The van der Waals surface area contributed by atoms with Crippen LogP contribution in [0.2, 0.25) is 0 Å². The van der Waals surface area contributed by atoms with Gasteiger partial charge in [0.05, 0.1) is 10.5 Å². The van der Waals surface area contributed by atoms with E-state index < -0.39 is 11.7 Å². The van der Waals surface area contributed by atoms with Gasteiger partial charge in [-0.15, -0.1) is 0 Å². The van der Waals surface area contributed by atoms with Gasteiger partial charge in [-0.25, -0.2) is 0 Å². The lowest BCUT2D eigenvalue weighted by molar-refractivity contribution is -0.137. The number of rotatable bonds is 1. The number of allylic oxidation sites excluding steroid dienone is 1. The lowest BCUT2D eigenvalue weighted by atomic mass is 10.1. The lowest BCUT2D eigenvalue weighted by Gasteiger charge is -2.07. The summed E-state index contributed by atoms with van der Waals surface area (Å²) in [6, 6.07) is 12.1. The van der Waals surface area contributed by atoms with Gasteiger partial charge in [-0.3, -0.25) is 4.79 Å². The van der Waals surface area contributed by atoms with Crippen LogP contribution >= 0.6 is 11.8 Å². The summed E-state index contributed by atoms with van der Waals surface area (Å²) in [5.74, 6) is -0.145. The Hall–Kier alpha value is -2.01. The molecule has 5 heteroatoms. The van der Waals surface area contributed by atoms with Crippen LogP contribution in [-0.4, -0.2) is 5.78 Å². The molecule has 1 heterocycles. The van der Waals surface area contributed by atoms with Crippen LogP contribution in [0.4, 0.5) is 13.2 Å². The Morgan fingerprint density at radius 3 is 2.48 bits per heavy atom. The predicted octanol–water partition coefficient (Wildman–Crippen LogP) is 5.03. The summed E-state index contributed by atoms with van der Waals surface area (Å²) < 4.78 is 38.0. The first-order valence-electron chi connectivity index (χ1n) is 6.16. The van der Waals surface area contributed by atoms with Gasteiger partial charge in [0.2, 0.25) is 5.78 Å². The molecule has 3 rings (SSSR count). The molecule has 2 aromatic carbocycles. The number of thioether (sulfide) groups is 1. The van der Waals surface area contributed by atoms with Crippen LogP contribution in [-0.2, 0) is 6.18 Å². The van der Waals surface area contributed by atoms with E-state index in [9.17, 15) is 18.0 Å². The number of ketones is 1. The van der Waals surface area contributed by atoms with Gasteiger partial charge in [0.15, 0.2) is 0 Å². The second-order valence-electron chi connectivity index (χ2n) is 4.56. The minimum absolute atomic E-state index is 0.145. The number of Topliss-reactive ketones (excluding diaryl/α,β-unsaturated/α-hetero) is 1. The molecule has 0 aromatic heterocycles. The normalized spacial score (nSPS) is 16.3. The summed E-state index contributed by atoms with van der Waals surface area (Å²) in [4.78, 5) is 13.4. The van der Waals surface area contributed by atoms with E-state index in [0.29, 0.717) is 16.0 Å². The molecule has 1 nitrogen and oxygen atoms in total. The van der Waals surface area contributed by atoms with Gasteiger partial charge in [0.1, 0.15) is 0 Å². The third kappa shape index (κ3) is 2.74. The van der Waals surface area contributed by atoms with Crippen LogP contribution in [0, 0.1) is 0 Å². The molecule has 0 aliphatic carbocycles. The summed E-state index contributed by atoms with van der Waals surface area (Å²) in [6.07, 6.45) is -2.88. The van der Waals surface area contributed by atoms with Crippen LogP contribution in [0.25, 0.3) is 6.08 Å². The van der Waals surface area contributed by atoms with Gasteiger partial charge in [-0.2, -0.15) is 13.2 Å². The Morgan fingerprint density at radius 2 is 1.76 bits per heavy atom. The Labute approximate surface area is 123 Å². The SMILES string of the molecule is O=C1/C(=C\c2cccc(C(F)(F)F)c2)Sc2ccccc21. The Morgan fingerprint density at radius 1 is 1.00 bits per heavy atom. The number of carbonyl (C=O) groups is 1. The Bertz CT molecular complexity index is 747. The van der Waals surface area contributed by atoms with Crippen molar-refractivity contribution in [2.24, 2.45) is 0 Å². The lowest BCUT2D eigenvalue weighted by Crippen LogP contribution is -2.04. The Kier molecular flexibility index (Phi) is 3.37. The number of carbonyl (C=O) groups excluding carboxylic acids is 1. The molecule has 0 saturated heterocycles. The maximum atomic E-state index is 12.7. The summed E-state index contributed by atoms with van der Waals surface area (Å²) in [5, 5.41) is 0. The van der Waals surface area contributed by atoms with E-state index in [1.54, 1.807) is 18.2 Å². The summed E-state index contributed by atoms with van der Waals surface area (Å²) in [5.41, 5.74) is 0.249. The molecule has 0 atom stereocenters.